The summed E-state index contributed by atoms with van der Waals surface area (Å²) in [7, 11) is 0. The fourth-order valence-electron chi connectivity index (χ4n) is 4.85. The summed E-state index contributed by atoms with van der Waals surface area (Å²) >= 11 is 0. The van der Waals surface area contributed by atoms with Crippen LogP contribution in [-0.2, 0) is 12.0 Å². The van der Waals surface area contributed by atoms with Crippen LogP contribution in [0.2, 0.25) is 0 Å². The fourth-order valence-corrected chi connectivity index (χ4v) is 4.85. The Bertz CT molecular complexity index is 1440. The SMILES string of the molecule is CC(C)(C)c1ccccc1Oc1ncccc1NC(=O)Nc1cccc(OC2CCN(Cc3ccccc3)C2)c1. The molecule has 1 unspecified atom stereocenters. The van der Waals surface area contributed by atoms with E-state index in [1.54, 1.807) is 18.3 Å². The molecule has 1 aromatic heterocycles. The minimum Gasteiger partial charge on any atom is -0.489 e. The molecule has 2 amide bonds. The van der Waals surface area contributed by atoms with Crippen molar-refractivity contribution < 1.29 is 14.3 Å². The topological polar surface area (TPSA) is 75.7 Å². The Labute approximate surface area is 236 Å². The number of likely N-dealkylation sites (tertiary alicyclic amines) is 1. The standard InChI is InChI=1S/C33H36N4O3/c1-33(2,3)28-15-7-8-17-30(28)40-31-29(16-10-19-34-31)36-32(38)35-25-13-9-14-26(21-25)39-27-18-20-37(23-27)22-24-11-5-4-6-12-24/h4-17,19,21,27H,18,20,22-23H2,1-3H3,(H2,35,36,38). The lowest BCUT2D eigenvalue weighted by Gasteiger charge is -2.22. The maximum atomic E-state index is 12.9. The largest absolute Gasteiger partial charge is 0.489 e. The number of rotatable bonds is 8. The molecule has 1 aliphatic heterocycles. The molecule has 206 valence electrons. The molecule has 4 aromatic rings. The first-order valence-corrected chi connectivity index (χ1v) is 13.7. The average Bonchev–Trinajstić information content (AvgIpc) is 3.36. The van der Waals surface area contributed by atoms with Crippen LogP contribution in [0.5, 0.6) is 17.4 Å². The van der Waals surface area contributed by atoms with Crippen LogP contribution in [0.1, 0.15) is 38.3 Å². The molecule has 0 aliphatic carbocycles. The maximum absolute atomic E-state index is 12.9. The van der Waals surface area contributed by atoms with Crippen molar-refractivity contribution in [1.82, 2.24) is 9.88 Å². The lowest BCUT2D eigenvalue weighted by molar-refractivity contribution is 0.198. The Kier molecular flexibility index (Phi) is 8.31. The number of benzene rings is 3. The number of amides is 2. The number of nitrogens with one attached hydrogen (secondary N) is 2. The van der Waals surface area contributed by atoms with Crippen molar-refractivity contribution in [2.75, 3.05) is 23.7 Å². The first-order valence-electron chi connectivity index (χ1n) is 13.7. The number of urea groups is 1. The van der Waals surface area contributed by atoms with E-state index in [2.05, 4.69) is 65.6 Å². The van der Waals surface area contributed by atoms with Gasteiger partial charge in [0, 0.05) is 43.1 Å². The average molecular weight is 537 g/mol. The highest BCUT2D eigenvalue weighted by Crippen LogP contribution is 2.35. The first kappa shape index (κ1) is 27.2. The van der Waals surface area contributed by atoms with E-state index in [0.717, 1.165) is 37.4 Å². The Hall–Kier alpha value is -4.36. The third-order valence-electron chi connectivity index (χ3n) is 6.79. The van der Waals surface area contributed by atoms with E-state index >= 15 is 0 Å². The van der Waals surface area contributed by atoms with E-state index in [1.807, 2.05) is 54.6 Å². The van der Waals surface area contributed by atoms with Crippen molar-refractivity contribution >= 4 is 17.4 Å². The molecule has 0 bridgehead atoms. The van der Waals surface area contributed by atoms with Crippen molar-refractivity contribution in [2.45, 2.75) is 45.3 Å². The van der Waals surface area contributed by atoms with Gasteiger partial charge in [-0.05, 0) is 47.7 Å². The molecule has 7 nitrogen and oxygen atoms in total. The number of ether oxygens (including phenoxy) is 2. The highest BCUT2D eigenvalue weighted by Gasteiger charge is 2.24. The quantitative estimate of drug-likeness (QED) is 0.244. The van der Waals surface area contributed by atoms with Gasteiger partial charge in [-0.3, -0.25) is 4.90 Å². The third-order valence-corrected chi connectivity index (χ3v) is 6.79. The lowest BCUT2D eigenvalue weighted by atomic mass is 9.86. The highest BCUT2D eigenvalue weighted by atomic mass is 16.5. The summed E-state index contributed by atoms with van der Waals surface area (Å²) in [6.07, 6.45) is 2.72. The van der Waals surface area contributed by atoms with Crippen LogP contribution in [0.25, 0.3) is 0 Å². The molecule has 0 radical (unpaired) electrons. The zero-order valence-electron chi connectivity index (χ0n) is 23.3. The summed E-state index contributed by atoms with van der Waals surface area (Å²) in [5, 5.41) is 5.77. The molecule has 5 rings (SSSR count). The Morgan fingerprint density at radius 3 is 2.58 bits per heavy atom. The number of carbonyl (C=O) groups is 1. The van der Waals surface area contributed by atoms with Crippen LogP contribution < -0.4 is 20.1 Å². The molecule has 2 N–H and O–H groups in total. The van der Waals surface area contributed by atoms with E-state index in [4.69, 9.17) is 9.47 Å². The van der Waals surface area contributed by atoms with Gasteiger partial charge in [0.1, 0.15) is 23.3 Å². The Morgan fingerprint density at radius 2 is 1.75 bits per heavy atom. The van der Waals surface area contributed by atoms with Gasteiger partial charge in [0.25, 0.3) is 0 Å². The molecular weight excluding hydrogens is 500 g/mol. The van der Waals surface area contributed by atoms with Gasteiger partial charge in [-0.15, -0.1) is 0 Å². The number of pyridine rings is 1. The molecule has 1 atom stereocenters. The minimum atomic E-state index is -0.394. The second-order valence-corrected chi connectivity index (χ2v) is 11.1. The van der Waals surface area contributed by atoms with Crippen LogP contribution >= 0.6 is 0 Å². The van der Waals surface area contributed by atoms with Gasteiger partial charge >= 0.3 is 6.03 Å². The van der Waals surface area contributed by atoms with Crippen LogP contribution in [0.15, 0.2) is 97.2 Å². The number of aromatic nitrogens is 1. The number of hydrogen-bond acceptors (Lipinski definition) is 5. The molecule has 1 fully saturated rings. The molecule has 2 heterocycles. The Morgan fingerprint density at radius 1 is 0.950 bits per heavy atom. The van der Waals surface area contributed by atoms with Crippen LogP contribution in [0.3, 0.4) is 0 Å². The monoisotopic (exact) mass is 536 g/mol. The van der Waals surface area contributed by atoms with Gasteiger partial charge in [-0.1, -0.05) is 75.4 Å². The molecule has 3 aromatic carbocycles. The summed E-state index contributed by atoms with van der Waals surface area (Å²) < 4.78 is 12.4. The van der Waals surface area contributed by atoms with Gasteiger partial charge < -0.3 is 20.1 Å². The van der Waals surface area contributed by atoms with E-state index in [-0.39, 0.29) is 11.5 Å². The van der Waals surface area contributed by atoms with Gasteiger partial charge in [0.05, 0.1) is 0 Å². The van der Waals surface area contributed by atoms with Gasteiger partial charge in [0.2, 0.25) is 5.88 Å². The summed E-state index contributed by atoms with van der Waals surface area (Å²) in [6, 6.07) is 29.0. The first-order chi connectivity index (χ1) is 19.3. The van der Waals surface area contributed by atoms with Crippen LogP contribution in [0.4, 0.5) is 16.2 Å². The summed E-state index contributed by atoms with van der Waals surface area (Å²) in [4.78, 5) is 19.7. The fraction of sp³-hybridized carbons (Fsp3) is 0.273. The lowest BCUT2D eigenvalue weighted by Crippen LogP contribution is -2.24. The number of carbonyl (C=O) groups excluding carboxylic acids is 1. The number of nitrogens with zero attached hydrogens (tertiary/aromatic N) is 2. The van der Waals surface area contributed by atoms with Gasteiger partial charge in [-0.2, -0.15) is 0 Å². The van der Waals surface area contributed by atoms with Crippen molar-refractivity contribution in [3.63, 3.8) is 0 Å². The predicted molar refractivity (Wildman–Crippen MR) is 159 cm³/mol. The second-order valence-electron chi connectivity index (χ2n) is 11.1. The van der Waals surface area contributed by atoms with Crippen molar-refractivity contribution in [1.29, 1.82) is 0 Å². The molecule has 0 saturated carbocycles. The Balaban J connectivity index is 1.19. The molecule has 0 spiro atoms. The zero-order chi connectivity index (χ0) is 28.0. The van der Waals surface area contributed by atoms with Crippen LogP contribution in [0, 0.1) is 0 Å². The second kappa shape index (κ2) is 12.2. The molecular formula is C33H36N4O3. The predicted octanol–water partition coefficient (Wildman–Crippen LogP) is 7.47. The number of anilines is 2. The number of para-hydroxylation sites is 1. The molecule has 1 aliphatic rings. The summed E-state index contributed by atoms with van der Waals surface area (Å²) in [5.41, 5.74) is 3.36. The third kappa shape index (κ3) is 7.18. The van der Waals surface area contributed by atoms with Crippen molar-refractivity contribution in [3.05, 3.63) is 108 Å². The van der Waals surface area contributed by atoms with Crippen LogP contribution in [-0.4, -0.2) is 35.1 Å². The van der Waals surface area contributed by atoms with Gasteiger partial charge in [0.15, 0.2) is 0 Å². The summed E-state index contributed by atoms with van der Waals surface area (Å²) in [5.74, 6) is 1.76. The summed E-state index contributed by atoms with van der Waals surface area (Å²) in [6.45, 7) is 9.18. The van der Waals surface area contributed by atoms with E-state index in [9.17, 15) is 4.79 Å². The van der Waals surface area contributed by atoms with Crippen molar-refractivity contribution in [3.8, 4) is 17.4 Å². The molecule has 1 saturated heterocycles. The molecule has 7 heteroatoms. The van der Waals surface area contributed by atoms with Crippen molar-refractivity contribution in [2.24, 2.45) is 0 Å². The normalized spacial score (nSPS) is 15.4. The zero-order valence-corrected chi connectivity index (χ0v) is 23.3. The maximum Gasteiger partial charge on any atom is 0.323 e. The van der Waals surface area contributed by atoms with Gasteiger partial charge in [-0.25, -0.2) is 9.78 Å². The number of hydrogen-bond donors (Lipinski definition) is 2. The minimum absolute atomic E-state index is 0.109. The van der Waals surface area contributed by atoms with E-state index < -0.39 is 6.03 Å². The van der Waals surface area contributed by atoms with E-state index in [0.29, 0.717) is 23.0 Å². The smallest absolute Gasteiger partial charge is 0.323 e. The van der Waals surface area contributed by atoms with E-state index in [1.165, 1.54) is 5.56 Å². The molecule has 40 heavy (non-hydrogen) atoms. The highest BCUT2D eigenvalue weighted by molar-refractivity contribution is 6.00.